The normalized spacial score (nSPS) is 16.3. The Hall–Kier alpha value is -2.28. The van der Waals surface area contributed by atoms with Crippen LogP contribution < -0.4 is 5.32 Å². The third-order valence-electron chi connectivity index (χ3n) is 4.79. The molecule has 168 valence electrons. The summed E-state index contributed by atoms with van der Waals surface area (Å²) in [6.45, 7) is 13.6. The average molecular weight is 420 g/mol. The quantitative estimate of drug-likeness (QED) is 0.726. The van der Waals surface area contributed by atoms with Gasteiger partial charge >= 0.3 is 12.2 Å². The van der Waals surface area contributed by atoms with E-state index in [1.807, 2.05) is 51.1 Å². The number of alkyl carbamates (subject to hydrolysis) is 1. The molecule has 7 nitrogen and oxygen atoms in total. The maximum absolute atomic E-state index is 12.3. The van der Waals surface area contributed by atoms with Crippen LogP contribution >= 0.6 is 0 Å². The molecular weight excluding hydrogens is 382 g/mol. The van der Waals surface area contributed by atoms with Gasteiger partial charge in [0.05, 0.1) is 0 Å². The number of nitrogens with one attached hydrogen (secondary N) is 1. The summed E-state index contributed by atoms with van der Waals surface area (Å²) in [6, 6.07) is 9.70. The Kier molecular flexibility index (Phi) is 8.96. The maximum Gasteiger partial charge on any atom is 0.410 e. The standard InChI is InChI=1S/C23H37N3O4/c1-18(2)15-20(24-21(27)30-23(3,4)5)16-25-11-13-26(14-12-25)22(28)29-17-19-9-7-6-8-10-19/h6-10,18,20H,11-17H2,1-5H3,(H,24,27)/t20-/m1/s1. The molecule has 0 aromatic heterocycles. The predicted molar refractivity (Wildman–Crippen MR) is 117 cm³/mol. The van der Waals surface area contributed by atoms with E-state index in [9.17, 15) is 9.59 Å². The number of carbonyl (C=O) groups excluding carboxylic acids is 2. The van der Waals surface area contributed by atoms with Crippen LogP contribution in [0.25, 0.3) is 0 Å². The Morgan fingerprint density at radius 1 is 1.07 bits per heavy atom. The van der Waals surface area contributed by atoms with Crippen LogP contribution in [0.15, 0.2) is 30.3 Å². The van der Waals surface area contributed by atoms with E-state index >= 15 is 0 Å². The molecule has 2 amide bonds. The summed E-state index contributed by atoms with van der Waals surface area (Å²) >= 11 is 0. The molecular formula is C23H37N3O4. The Bertz CT molecular complexity index is 665. The molecule has 7 heteroatoms. The number of piperazine rings is 1. The minimum absolute atomic E-state index is 0.0106. The lowest BCUT2D eigenvalue weighted by Crippen LogP contribution is -2.53. The van der Waals surface area contributed by atoms with E-state index in [-0.39, 0.29) is 24.8 Å². The first kappa shape index (κ1) is 24.0. The van der Waals surface area contributed by atoms with Crippen LogP contribution in [0, 0.1) is 5.92 Å². The van der Waals surface area contributed by atoms with E-state index < -0.39 is 5.60 Å². The third-order valence-corrected chi connectivity index (χ3v) is 4.79. The average Bonchev–Trinajstić information content (AvgIpc) is 2.65. The van der Waals surface area contributed by atoms with Gasteiger partial charge in [-0.25, -0.2) is 9.59 Å². The first-order valence-electron chi connectivity index (χ1n) is 10.8. The van der Waals surface area contributed by atoms with Crippen molar-refractivity contribution in [3.8, 4) is 0 Å². The minimum Gasteiger partial charge on any atom is -0.445 e. The van der Waals surface area contributed by atoms with Crippen LogP contribution in [0.2, 0.25) is 0 Å². The summed E-state index contributed by atoms with van der Waals surface area (Å²) in [5.74, 6) is 0.458. The highest BCUT2D eigenvalue weighted by Crippen LogP contribution is 2.12. The van der Waals surface area contributed by atoms with Gasteiger partial charge in [-0.2, -0.15) is 0 Å². The lowest BCUT2D eigenvalue weighted by Gasteiger charge is -2.36. The zero-order valence-corrected chi connectivity index (χ0v) is 19.0. The second-order valence-electron chi connectivity index (χ2n) is 9.30. The molecule has 0 radical (unpaired) electrons. The van der Waals surface area contributed by atoms with Crippen molar-refractivity contribution in [3.63, 3.8) is 0 Å². The van der Waals surface area contributed by atoms with Crippen molar-refractivity contribution in [2.45, 2.75) is 59.3 Å². The molecule has 1 aliphatic rings. The van der Waals surface area contributed by atoms with Crippen molar-refractivity contribution < 1.29 is 19.1 Å². The highest BCUT2D eigenvalue weighted by Gasteiger charge is 2.26. The van der Waals surface area contributed by atoms with Crippen LogP contribution in [-0.4, -0.2) is 66.4 Å². The van der Waals surface area contributed by atoms with Gasteiger partial charge in [-0.3, -0.25) is 4.90 Å². The van der Waals surface area contributed by atoms with Gasteiger partial charge in [0.15, 0.2) is 0 Å². The fraction of sp³-hybridized carbons (Fsp3) is 0.652. The van der Waals surface area contributed by atoms with Gasteiger partial charge in [-0.15, -0.1) is 0 Å². The smallest absolute Gasteiger partial charge is 0.410 e. The van der Waals surface area contributed by atoms with Crippen molar-refractivity contribution in [2.24, 2.45) is 5.92 Å². The lowest BCUT2D eigenvalue weighted by molar-refractivity contribution is 0.0463. The summed E-state index contributed by atoms with van der Waals surface area (Å²) in [5, 5.41) is 3.02. The van der Waals surface area contributed by atoms with Gasteiger partial charge in [-0.05, 0) is 38.7 Å². The molecule has 0 aliphatic carbocycles. The first-order valence-corrected chi connectivity index (χ1v) is 10.8. The molecule has 30 heavy (non-hydrogen) atoms. The van der Waals surface area contributed by atoms with E-state index in [4.69, 9.17) is 9.47 Å². The Morgan fingerprint density at radius 2 is 1.70 bits per heavy atom. The van der Waals surface area contributed by atoms with Gasteiger partial charge in [0, 0.05) is 38.8 Å². The number of carbonyl (C=O) groups is 2. The predicted octanol–water partition coefficient (Wildman–Crippen LogP) is 3.88. The van der Waals surface area contributed by atoms with Crippen LogP contribution in [-0.2, 0) is 16.1 Å². The fourth-order valence-corrected chi connectivity index (χ4v) is 3.46. The summed E-state index contributed by atoms with van der Waals surface area (Å²) in [6.07, 6.45) is 0.221. The molecule has 0 saturated carbocycles. The Labute approximate surface area is 180 Å². The molecule has 1 aliphatic heterocycles. The number of hydrogen-bond acceptors (Lipinski definition) is 5. The monoisotopic (exact) mass is 419 g/mol. The molecule has 0 spiro atoms. The number of rotatable bonds is 7. The van der Waals surface area contributed by atoms with E-state index in [1.54, 1.807) is 4.90 Å². The van der Waals surface area contributed by atoms with Crippen LogP contribution in [0.1, 0.15) is 46.6 Å². The maximum atomic E-state index is 12.3. The van der Waals surface area contributed by atoms with Crippen molar-refractivity contribution in [1.29, 1.82) is 0 Å². The largest absolute Gasteiger partial charge is 0.445 e. The van der Waals surface area contributed by atoms with E-state index in [1.165, 1.54) is 0 Å². The topological polar surface area (TPSA) is 71.1 Å². The molecule has 1 atom stereocenters. The molecule has 1 saturated heterocycles. The number of amides is 2. The van der Waals surface area contributed by atoms with E-state index in [2.05, 4.69) is 24.1 Å². The molecule has 1 aromatic carbocycles. The molecule has 1 aromatic rings. The van der Waals surface area contributed by atoms with Gasteiger partial charge in [0.2, 0.25) is 0 Å². The first-order chi connectivity index (χ1) is 14.1. The number of nitrogens with zero attached hydrogens (tertiary/aromatic N) is 2. The summed E-state index contributed by atoms with van der Waals surface area (Å²) in [4.78, 5) is 28.6. The van der Waals surface area contributed by atoms with E-state index in [0.717, 1.165) is 31.6 Å². The molecule has 0 unspecified atom stereocenters. The summed E-state index contributed by atoms with van der Waals surface area (Å²) in [5.41, 5.74) is 0.465. The van der Waals surface area contributed by atoms with Gasteiger partial charge in [0.1, 0.15) is 12.2 Å². The van der Waals surface area contributed by atoms with E-state index in [0.29, 0.717) is 19.0 Å². The van der Waals surface area contributed by atoms with Crippen LogP contribution in [0.5, 0.6) is 0 Å². The van der Waals surface area contributed by atoms with Gasteiger partial charge in [-0.1, -0.05) is 44.2 Å². The molecule has 1 N–H and O–H groups in total. The molecule has 1 fully saturated rings. The second kappa shape index (κ2) is 11.2. The number of benzene rings is 1. The summed E-state index contributed by atoms with van der Waals surface area (Å²) < 4.78 is 10.8. The zero-order chi connectivity index (χ0) is 22.1. The molecule has 0 bridgehead atoms. The van der Waals surface area contributed by atoms with Crippen molar-refractivity contribution in [2.75, 3.05) is 32.7 Å². The van der Waals surface area contributed by atoms with Crippen molar-refractivity contribution >= 4 is 12.2 Å². The van der Waals surface area contributed by atoms with Crippen LogP contribution in [0.4, 0.5) is 9.59 Å². The number of ether oxygens (including phenoxy) is 2. The fourth-order valence-electron chi connectivity index (χ4n) is 3.46. The zero-order valence-electron chi connectivity index (χ0n) is 19.0. The minimum atomic E-state index is -0.516. The third kappa shape index (κ3) is 9.03. The lowest BCUT2D eigenvalue weighted by atomic mass is 10.0. The highest BCUT2D eigenvalue weighted by molar-refractivity contribution is 5.68. The highest BCUT2D eigenvalue weighted by atomic mass is 16.6. The molecule has 1 heterocycles. The molecule has 2 rings (SSSR count). The Morgan fingerprint density at radius 3 is 2.27 bits per heavy atom. The Balaban J connectivity index is 1.78. The van der Waals surface area contributed by atoms with Crippen molar-refractivity contribution in [1.82, 2.24) is 15.1 Å². The van der Waals surface area contributed by atoms with Crippen molar-refractivity contribution in [3.05, 3.63) is 35.9 Å². The number of hydrogen-bond donors (Lipinski definition) is 1. The summed E-state index contributed by atoms with van der Waals surface area (Å²) in [7, 11) is 0. The van der Waals surface area contributed by atoms with Gasteiger partial charge < -0.3 is 19.7 Å². The second-order valence-corrected chi connectivity index (χ2v) is 9.30. The SMILES string of the molecule is CC(C)C[C@H](CN1CCN(C(=O)OCc2ccccc2)CC1)NC(=O)OC(C)(C)C. The van der Waals surface area contributed by atoms with Gasteiger partial charge in [0.25, 0.3) is 0 Å². The van der Waals surface area contributed by atoms with Crippen LogP contribution in [0.3, 0.4) is 0 Å².